The smallest absolute Gasteiger partial charge is 0.0653 e. The highest BCUT2D eigenvalue weighted by atomic mass is 16.3. The predicted octanol–water partition coefficient (Wildman–Crippen LogP) is 1.24. The Morgan fingerprint density at radius 3 is 2.75 bits per heavy atom. The van der Waals surface area contributed by atoms with E-state index in [4.69, 9.17) is 0 Å². The van der Waals surface area contributed by atoms with Crippen molar-refractivity contribution in [3.63, 3.8) is 0 Å². The molecule has 1 N–H and O–H groups in total. The van der Waals surface area contributed by atoms with Crippen LogP contribution in [-0.2, 0) is 0 Å². The van der Waals surface area contributed by atoms with Crippen LogP contribution in [0.2, 0.25) is 0 Å². The SMILES string of the molecule is CCN1CCC(CC2(O)CC2)C1. The molecule has 0 radical (unpaired) electrons. The highest BCUT2D eigenvalue weighted by Crippen LogP contribution is 2.42. The van der Waals surface area contributed by atoms with Gasteiger partial charge in [0.15, 0.2) is 0 Å². The number of likely N-dealkylation sites (tertiary alicyclic amines) is 1. The van der Waals surface area contributed by atoms with E-state index in [1.54, 1.807) is 0 Å². The fourth-order valence-electron chi connectivity index (χ4n) is 2.25. The highest BCUT2D eigenvalue weighted by molar-refractivity contribution is 4.96. The average molecular weight is 169 g/mol. The first kappa shape index (κ1) is 8.52. The van der Waals surface area contributed by atoms with E-state index < -0.39 is 0 Å². The van der Waals surface area contributed by atoms with E-state index in [-0.39, 0.29) is 5.60 Å². The van der Waals surface area contributed by atoms with Crippen molar-refractivity contribution in [3.8, 4) is 0 Å². The minimum Gasteiger partial charge on any atom is -0.390 e. The van der Waals surface area contributed by atoms with E-state index in [2.05, 4.69) is 11.8 Å². The van der Waals surface area contributed by atoms with Crippen LogP contribution in [0.1, 0.15) is 32.6 Å². The van der Waals surface area contributed by atoms with Gasteiger partial charge < -0.3 is 10.0 Å². The first-order valence-corrected chi connectivity index (χ1v) is 5.16. The minimum absolute atomic E-state index is 0.228. The average Bonchev–Trinajstić information content (AvgIpc) is 2.63. The second-order valence-corrected chi connectivity index (χ2v) is 4.48. The third kappa shape index (κ3) is 1.80. The molecule has 2 rings (SSSR count). The molecule has 1 saturated carbocycles. The van der Waals surface area contributed by atoms with Crippen molar-refractivity contribution in [2.75, 3.05) is 19.6 Å². The Hall–Kier alpha value is -0.0800. The topological polar surface area (TPSA) is 23.5 Å². The first-order valence-electron chi connectivity index (χ1n) is 5.16. The van der Waals surface area contributed by atoms with Crippen LogP contribution in [0, 0.1) is 5.92 Å². The number of hydrogen-bond acceptors (Lipinski definition) is 2. The molecule has 2 nitrogen and oxygen atoms in total. The molecule has 2 aliphatic rings. The zero-order chi connectivity index (χ0) is 8.60. The molecule has 1 unspecified atom stereocenters. The monoisotopic (exact) mass is 169 g/mol. The zero-order valence-corrected chi connectivity index (χ0v) is 7.92. The minimum atomic E-state index is -0.228. The molecule has 2 fully saturated rings. The molecule has 1 aliphatic carbocycles. The standard InChI is InChI=1S/C10H19NO/c1-2-11-6-3-9(8-11)7-10(12)4-5-10/h9,12H,2-8H2,1H3. The van der Waals surface area contributed by atoms with Gasteiger partial charge in [-0.25, -0.2) is 0 Å². The molecule has 0 bridgehead atoms. The van der Waals surface area contributed by atoms with Gasteiger partial charge in [0.05, 0.1) is 5.60 Å². The van der Waals surface area contributed by atoms with Crippen molar-refractivity contribution in [2.24, 2.45) is 5.92 Å². The van der Waals surface area contributed by atoms with E-state index in [1.807, 2.05) is 0 Å². The highest BCUT2D eigenvalue weighted by Gasteiger charge is 2.42. The molecule has 0 aromatic rings. The number of hydrogen-bond donors (Lipinski definition) is 1. The van der Waals surface area contributed by atoms with Gasteiger partial charge in [-0.1, -0.05) is 6.92 Å². The van der Waals surface area contributed by atoms with Crippen molar-refractivity contribution >= 4 is 0 Å². The van der Waals surface area contributed by atoms with Crippen LogP contribution in [0.4, 0.5) is 0 Å². The molecule has 70 valence electrons. The van der Waals surface area contributed by atoms with Crippen LogP contribution >= 0.6 is 0 Å². The summed E-state index contributed by atoms with van der Waals surface area (Å²) in [6.45, 7) is 5.86. The van der Waals surface area contributed by atoms with Crippen LogP contribution in [0.5, 0.6) is 0 Å². The summed E-state index contributed by atoms with van der Waals surface area (Å²) in [6, 6.07) is 0. The van der Waals surface area contributed by atoms with Crippen molar-refractivity contribution in [1.82, 2.24) is 4.90 Å². The van der Waals surface area contributed by atoms with Crippen molar-refractivity contribution in [1.29, 1.82) is 0 Å². The quantitative estimate of drug-likeness (QED) is 0.687. The lowest BCUT2D eigenvalue weighted by atomic mass is 10.00. The van der Waals surface area contributed by atoms with Crippen LogP contribution in [-0.4, -0.2) is 35.2 Å². The number of aliphatic hydroxyl groups is 1. The molecular weight excluding hydrogens is 150 g/mol. The van der Waals surface area contributed by atoms with Crippen molar-refractivity contribution in [2.45, 2.75) is 38.2 Å². The summed E-state index contributed by atoms with van der Waals surface area (Å²) in [5, 5.41) is 9.73. The summed E-state index contributed by atoms with van der Waals surface area (Å²) < 4.78 is 0. The number of rotatable bonds is 3. The molecule has 1 aliphatic heterocycles. The second kappa shape index (κ2) is 3.00. The number of nitrogens with zero attached hydrogens (tertiary/aromatic N) is 1. The summed E-state index contributed by atoms with van der Waals surface area (Å²) in [5.41, 5.74) is -0.228. The molecule has 0 spiro atoms. The van der Waals surface area contributed by atoms with Gasteiger partial charge in [-0.2, -0.15) is 0 Å². The van der Waals surface area contributed by atoms with Crippen molar-refractivity contribution in [3.05, 3.63) is 0 Å². The first-order chi connectivity index (χ1) is 5.72. The van der Waals surface area contributed by atoms with Crippen LogP contribution in [0.3, 0.4) is 0 Å². The molecule has 0 amide bonds. The van der Waals surface area contributed by atoms with Crippen LogP contribution in [0.25, 0.3) is 0 Å². The molecule has 1 saturated heterocycles. The lowest BCUT2D eigenvalue weighted by Crippen LogP contribution is -2.21. The van der Waals surface area contributed by atoms with Gasteiger partial charge in [-0.15, -0.1) is 0 Å². The maximum Gasteiger partial charge on any atom is 0.0653 e. The van der Waals surface area contributed by atoms with Gasteiger partial charge in [0.25, 0.3) is 0 Å². The Balaban J connectivity index is 1.76. The summed E-state index contributed by atoms with van der Waals surface area (Å²) in [4.78, 5) is 2.48. The Bertz CT molecular complexity index is 165. The third-order valence-corrected chi connectivity index (χ3v) is 3.31. The van der Waals surface area contributed by atoms with E-state index in [1.165, 1.54) is 26.1 Å². The Morgan fingerprint density at radius 1 is 1.50 bits per heavy atom. The summed E-state index contributed by atoms with van der Waals surface area (Å²) in [7, 11) is 0. The van der Waals surface area contributed by atoms with E-state index in [0.29, 0.717) is 0 Å². The maximum absolute atomic E-state index is 9.73. The Labute approximate surface area is 74.6 Å². The lowest BCUT2D eigenvalue weighted by Gasteiger charge is -2.15. The van der Waals surface area contributed by atoms with Crippen LogP contribution in [0.15, 0.2) is 0 Å². The van der Waals surface area contributed by atoms with E-state index >= 15 is 0 Å². The predicted molar refractivity (Wildman–Crippen MR) is 49.0 cm³/mol. The summed E-state index contributed by atoms with van der Waals surface area (Å²) in [6.07, 6.45) is 4.46. The second-order valence-electron chi connectivity index (χ2n) is 4.48. The van der Waals surface area contributed by atoms with Gasteiger partial charge in [0.1, 0.15) is 0 Å². The molecule has 0 aromatic heterocycles. The third-order valence-electron chi connectivity index (χ3n) is 3.31. The molecule has 1 heterocycles. The fourth-order valence-corrected chi connectivity index (χ4v) is 2.25. The van der Waals surface area contributed by atoms with Gasteiger partial charge in [-0.05, 0) is 44.7 Å². The van der Waals surface area contributed by atoms with Crippen LogP contribution < -0.4 is 0 Å². The summed E-state index contributed by atoms with van der Waals surface area (Å²) in [5.74, 6) is 0.775. The largest absolute Gasteiger partial charge is 0.390 e. The van der Waals surface area contributed by atoms with Gasteiger partial charge in [0.2, 0.25) is 0 Å². The van der Waals surface area contributed by atoms with E-state index in [9.17, 15) is 5.11 Å². The molecule has 1 atom stereocenters. The lowest BCUT2D eigenvalue weighted by molar-refractivity contribution is 0.119. The normalized spacial score (nSPS) is 34.0. The van der Waals surface area contributed by atoms with Crippen molar-refractivity contribution < 1.29 is 5.11 Å². The van der Waals surface area contributed by atoms with Gasteiger partial charge >= 0.3 is 0 Å². The van der Waals surface area contributed by atoms with E-state index in [0.717, 1.165) is 25.2 Å². The molecule has 12 heavy (non-hydrogen) atoms. The molecule has 2 heteroatoms. The zero-order valence-electron chi connectivity index (χ0n) is 7.92. The fraction of sp³-hybridized carbons (Fsp3) is 1.00. The van der Waals surface area contributed by atoms with Gasteiger partial charge in [0, 0.05) is 6.54 Å². The maximum atomic E-state index is 9.73. The molecular formula is C10H19NO. The Morgan fingerprint density at radius 2 is 2.25 bits per heavy atom. The Kier molecular flexibility index (Phi) is 2.13. The van der Waals surface area contributed by atoms with Gasteiger partial charge in [-0.3, -0.25) is 0 Å². The molecule has 0 aromatic carbocycles. The summed E-state index contributed by atoms with van der Waals surface area (Å²) >= 11 is 0.